The molecule has 0 saturated heterocycles. The minimum absolute atomic E-state index is 0.161. The normalized spacial score (nSPS) is 11.9. The van der Waals surface area contributed by atoms with Crippen molar-refractivity contribution in [3.63, 3.8) is 0 Å². The largest absolute Gasteiger partial charge is 0.370 e. The Labute approximate surface area is 109 Å². The number of nitrogens with one attached hydrogen (secondary N) is 1. The van der Waals surface area contributed by atoms with Gasteiger partial charge in [-0.2, -0.15) is 0 Å². The Hall–Kier alpha value is -2.02. The van der Waals surface area contributed by atoms with E-state index in [1.165, 1.54) is 12.1 Å². The molecule has 1 unspecified atom stereocenters. The molecule has 0 bridgehead atoms. The summed E-state index contributed by atoms with van der Waals surface area (Å²) in [5, 5.41) is 2.46. The van der Waals surface area contributed by atoms with E-state index in [4.69, 9.17) is 11.5 Å². The van der Waals surface area contributed by atoms with Crippen molar-refractivity contribution in [2.24, 2.45) is 11.5 Å². The SMILES string of the molecule is NC(=O)CC(N)C(=O)NCCc1cc(F)cc(F)c1. The fourth-order valence-corrected chi connectivity index (χ4v) is 1.53. The maximum absolute atomic E-state index is 12.9. The van der Waals surface area contributed by atoms with Gasteiger partial charge in [-0.05, 0) is 24.1 Å². The topological polar surface area (TPSA) is 98.2 Å². The number of carbonyl (C=O) groups is 2. The lowest BCUT2D eigenvalue weighted by Crippen LogP contribution is -2.43. The highest BCUT2D eigenvalue weighted by Crippen LogP contribution is 2.08. The van der Waals surface area contributed by atoms with E-state index in [2.05, 4.69) is 5.32 Å². The number of rotatable bonds is 6. The second-order valence-electron chi connectivity index (χ2n) is 4.10. The van der Waals surface area contributed by atoms with E-state index in [1.807, 2.05) is 0 Å². The molecule has 5 nitrogen and oxygen atoms in total. The predicted octanol–water partition coefficient (Wildman–Crippen LogP) is -0.174. The van der Waals surface area contributed by atoms with Crippen LogP contribution in [0.4, 0.5) is 8.78 Å². The molecule has 0 aliphatic rings. The van der Waals surface area contributed by atoms with Crippen LogP contribution in [-0.2, 0) is 16.0 Å². The molecule has 1 atom stereocenters. The van der Waals surface area contributed by atoms with Crippen LogP contribution in [0.25, 0.3) is 0 Å². The van der Waals surface area contributed by atoms with E-state index in [1.54, 1.807) is 0 Å². The lowest BCUT2D eigenvalue weighted by atomic mass is 10.1. The van der Waals surface area contributed by atoms with Crippen molar-refractivity contribution in [1.82, 2.24) is 5.32 Å². The van der Waals surface area contributed by atoms with Gasteiger partial charge in [-0.3, -0.25) is 9.59 Å². The molecule has 7 heteroatoms. The molecule has 1 rings (SSSR count). The summed E-state index contributed by atoms with van der Waals surface area (Å²) in [6, 6.07) is 2.11. The van der Waals surface area contributed by atoms with Crippen molar-refractivity contribution in [2.45, 2.75) is 18.9 Å². The summed E-state index contributed by atoms with van der Waals surface area (Å²) < 4.78 is 25.8. The van der Waals surface area contributed by atoms with Crippen LogP contribution in [0.15, 0.2) is 18.2 Å². The van der Waals surface area contributed by atoms with Crippen molar-refractivity contribution in [3.05, 3.63) is 35.4 Å². The first-order valence-electron chi connectivity index (χ1n) is 5.65. The van der Waals surface area contributed by atoms with Crippen LogP contribution in [0.3, 0.4) is 0 Å². The van der Waals surface area contributed by atoms with Crippen LogP contribution in [0.2, 0.25) is 0 Å². The minimum Gasteiger partial charge on any atom is -0.370 e. The monoisotopic (exact) mass is 271 g/mol. The number of hydrogen-bond donors (Lipinski definition) is 3. The van der Waals surface area contributed by atoms with Crippen LogP contribution in [0, 0.1) is 11.6 Å². The molecule has 19 heavy (non-hydrogen) atoms. The molecule has 0 aliphatic carbocycles. The Morgan fingerprint density at radius 3 is 2.32 bits per heavy atom. The van der Waals surface area contributed by atoms with Gasteiger partial charge in [0.2, 0.25) is 11.8 Å². The van der Waals surface area contributed by atoms with E-state index in [0.717, 1.165) is 6.07 Å². The maximum Gasteiger partial charge on any atom is 0.237 e. The fraction of sp³-hybridized carbons (Fsp3) is 0.333. The van der Waals surface area contributed by atoms with Crippen LogP contribution >= 0.6 is 0 Å². The van der Waals surface area contributed by atoms with Crippen molar-refractivity contribution >= 4 is 11.8 Å². The number of halogens is 2. The third-order valence-corrected chi connectivity index (χ3v) is 2.39. The summed E-state index contributed by atoms with van der Waals surface area (Å²) >= 11 is 0. The lowest BCUT2D eigenvalue weighted by molar-refractivity contribution is -0.126. The Bertz CT molecular complexity index is 460. The van der Waals surface area contributed by atoms with Gasteiger partial charge in [0.25, 0.3) is 0 Å². The van der Waals surface area contributed by atoms with Gasteiger partial charge in [-0.1, -0.05) is 0 Å². The molecule has 0 spiro atoms. The zero-order chi connectivity index (χ0) is 14.4. The summed E-state index contributed by atoms with van der Waals surface area (Å²) in [5.41, 5.74) is 10.7. The summed E-state index contributed by atoms with van der Waals surface area (Å²) in [6.07, 6.45) is 0.00411. The Morgan fingerprint density at radius 1 is 1.21 bits per heavy atom. The second-order valence-corrected chi connectivity index (χ2v) is 4.10. The predicted molar refractivity (Wildman–Crippen MR) is 64.9 cm³/mol. The number of carbonyl (C=O) groups excluding carboxylic acids is 2. The summed E-state index contributed by atoms with van der Waals surface area (Å²) in [5.74, 6) is -2.55. The molecular formula is C12H15F2N3O2. The molecule has 2 amide bonds. The molecule has 1 aromatic rings. The molecule has 1 aromatic carbocycles. The van der Waals surface area contributed by atoms with Gasteiger partial charge in [-0.15, -0.1) is 0 Å². The third kappa shape index (κ3) is 5.43. The third-order valence-electron chi connectivity index (χ3n) is 2.39. The van der Waals surface area contributed by atoms with E-state index in [0.29, 0.717) is 5.56 Å². The molecule has 0 saturated carbocycles. The van der Waals surface area contributed by atoms with Crippen molar-refractivity contribution in [1.29, 1.82) is 0 Å². The quantitative estimate of drug-likeness (QED) is 0.669. The number of primary amides is 1. The van der Waals surface area contributed by atoms with Gasteiger partial charge in [0.05, 0.1) is 12.5 Å². The highest BCUT2D eigenvalue weighted by molar-refractivity contribution is 5.87. The molecule has 104 valence electrons. The van der Waals surface area contributed by atoms with Gasteiger partial charge >= 0.3 is 0 Å². The van der Waals surface area contributed by atoms with Crippen LogP contribution in [0.1, 0.15) is 12.0 Å². The smallest absolute Gasteiger partial charge is 0.237 e. The van der Waals surface area contributed by atoms with Gasteiger partial charge in [0, 0.05) is 12.6 Å². The molecule has 0 aliphatic heterocycles. The summed E-state index contributed by atoms with van der Waals surface area (Å²) in [6.45, 7) is 0.161. The average molecular weight is 271 g/mol. The first kappa shape index (κ1) is 15.0. The van der Waals surface area contributed by atoms with E-state index < -0.39 is 29.5 Å². The Morgan fingerprint density at radius 2 is 1.79 bits per heavy atom. The molecular weight excluding hydrogens is 256 g/mol. The number of amides is 2. The number of hydrogen-bond acceptors (Lipinski definition) is 3. The molecule has 0 radical (unpaired) electrons. The van der Waals surface area contributed by atoms with Crippen molar-refractivity contribution in [2.75, 3.05) is 6.54 Å². The van der Waals surface area contributed by atoms with Crippen LogP contribution < -0.4 is 16.8 Å². The highest BCUT2D eigenvalue weighted by Gasteiger charge is 2.15. The van der Waals surface area contributed by atoms with Gasteiger partial charge < -0.3 is 16.8 Å². The van der Waals surface area contributed by atoms with Gasteiger partial charge in [0.15, 0.2) is 0 Å². The number of nitrogens with two attached hydrogens (primary N) is 2. The van der Waals surface area contributed by atoms with E-state index >= 15 is 0 Å². The fourth-order valence-electron chi connectivity index (χ4n) is 1.53. The summed E-state index contributed by atoms with van der Waals surface area (Å²) in [4.78, 5) is 22.0. The average Bonchev–Trinajstić information content (AvgIpc) is 2.26. The van der Waals surface area contributed by atoms with Crippen molar-refractivity contribution < 1.29 is 18.4 Å². The van der Waals surface area contributed by atoms with E-state index in [9.17, 15) is 18.4 Å². The zero-order valence-corrected chi connectivity index (χ0v) is 10.2. The maximum atomic E-state index is 12.9. The van der Waals surface area contributed by atoms with E-state index in [-0.39, 0.29) is 19.4 Å². The van der Waals surface area contributed by atoms with Gasteiger partial charge in [0.1, 0.15) is 11.6 Å². The Balaban J connectivity index is 2.41. The zero-order valence-electron chi connectivity index (χ0n) is 10.2. The highest BCUT2D eigenvalue weighted by atomic mass is 19.1. The van der Waals surface area contributed by atoms with Crippen LogP contribution in [-0.4, -0.2) is 24.4 Å². The molecule has 5 N–H and O–H groups in total. The van der Waals surface area contributed by atoms with Gasteiger partial charge in [-0.25, -0.2) is 8.78 Å². The first-order valence-corrected chi connectivity index (χ1v) is 5.65. The Kier molecular flexibility index (Phi) is 5.37. The number of benzene rings is 1. The second kappa shape index (κ2) is 6.79. The molecule has 0 fully saturated rings. The van der Waals surface area contributed by atoms with Crippen LogP contribution in [0.5, 0.6) is 0 Å². The summed E-state index contributed by atoms with van der Waals surface area (Å²) in [7, 11) is 0. The molecule has 0 aromatic heterocycles. The van der Waals surface area contributed by atoms with Crippen molar-refractivity contribution in [3.8, 4) is 0 Å². The lowest BCUT2D eigenvalue weighted by Gasteiger charge is -2.10. The molecule has 0 heterocycles. The standard InChI is InChI=1S/C12H15F2N3O2/c13-8-3-7(4-9(14)5-8)1-2-17-12(19)10(15)6-11(16)18/h3-5,10H,1-2,6,15H2,(H2,16,18)(H,17,19). The minimum atomic E-state index is -1.01. The first-order chi connectivity index (χ1) is 8.88.